The fourth-order valence-corrected chi connectivity index (χ4v) is 4.62. The smallest absolute Gasteiger partial charge is 0.322 e. The molecule has 3 amide bonds. The summed E-state index contributed by atoms with van der Waals surface area (Å²) in [4.78, 5) is 28.3. The molecule has 1 fully saturated rings. The van der Waals surface area contributed by atoms with Gasteiger partial charge in [0, 0.05) is 29.1 Å². The molecule has 2 heterocycles. The van der Waals surface area contributed by atoms with Crippen molar-refractivity contribution in [1.82, 2.24) is 9.80 Å². The molecule has 7 nitrogen and oxygen atoms in total. The van der Waals surface area contributed by atoms with Crippen LogP contribution in [0.3, 0.4) is 0 Å². The Morgan fingerprint density at radius 1 is 1.33 bits per heavy atom. The van der Waals surface area contributed by atoms with E-state index in [4.69, 9.17) is 11.1 Å². The summed E-state index contributed by atoms with van der Waals surface area (Å²) >= 11 is 0. The van der Waals surface area contributed by atoms with Gasteiger partial charge >= 0.3 is 6.03 Å². The minimum atomic E-state index is -1.02. The molecule has 2 aliphatic heterocycles. The van der Waals surface area contributed by atoms with Gasteiger partial charge in [-0.05, 0) is 43.9 Å². The number of hydrogen-bond acceptors (Lipinski definition) is 4. The number of allylic oxidation sites excluding steroid dienone is 1. The Hall–Kier alpha value is -3.23. The first kappa shape index (κ1) is 20.1. The maximum atomic E-state index is 14.1. The summed E-state index contributed by atoms with van der Waals surface area (Å²) in [5.41, 5.74) is 8.60. The van der Waals surface area contributed by atoms with Gasteiger partial charge in [0.1, 0.15) is 6.54 Å². The number of halogens is 2. The number of anilines is 1. The Morgan fingerprint density at radius 2 is 2.07 bits per heavy atom. The molecule has 30 heavy (non-hydrogen) atoms. The highest BCUT2D eigenvalue weighted by Crippen LogP contribution is 2.41. The zero-order chi connectivity index (χ0) is 21.7. The van der Waals surface area contributed by atoms with E-state index in [-0.39, 0.29) is 42.2 Å². The van der Waals surface area contributed by atoms with E-state index in [2.05, 4.69) is 11.4 Å². The maximum Gasteiger partial charge on any atom is 0.322 e. The summed E-state index contributed by atoms with van der Waals surface area (Å²) in [5, 5.41) is 10.5. The number of likely N-dealkylation sites (tertiary alicyclic amines) is 1. The lowest BCUT2D eigenvalue weighted by molar-refractivity contribution is -0.132. The third-order valence-corrected chi connectivity index (χ3v) is 5.89. The Balaban J connectivity index is 1.52. The molecule has 1 saturated heterocycles. The van der Waals surface area contributed by atoms with Crippen LogP contribution in [0.4, 0.5) is 19.3 Å². The summed E-state index contributed by atoms with van der Waals surface area (Å²) < 4.78 is 27.7. The largest absolute Gasteiger partial charge is 0.402 e. The summed E-state index contributed by atoms with van der Waals surface area (Å²) in [6.45, 7) is 3.48. The van der Waals surface area contributed by atoms with Gasteiger partial charge in [0.25, 0.3) is 0 Å². The zero-order valence-corrected chi connectivity index (χ0v) is 16.8. The van der Waals surface area contributed by atoms with Crippen molar-refractivity contribution in [2.45, 2.75) is 32.9 Å². The van der Waals surface area contributed by atoms with Crippen LogP contribution in [0.25, 0.3) is 0 Å². The summed E-state index contributed by atoms with van der Waals surface area (Å²) in [5.74, 6) is -2.13. The lowest BCUT2D eigenvalue weighted by atomic mass is 9.95. The molecule has 0 radical (unpaired) electrons. The average Bonchev–Trinajstić information content (AvgIpc) is 3.26. The quantitative estimate of drug-likeness (QED) is 0.659. The first-order valence-corrected chi connectivity index (χ1v) is 9.73. The van der Waals surface area contributed by atoms with Crippen LogP contribution in [-0.4, -0.2) is 46.6 Å². The number of rotatable bonds is 4. The van der Waals surface area contributed by atoms with Crippen LogP contribution < -0.4 is 11.1 Å². The molecule has 1 aromatic rings. The molecule has 2 atom stereocenters. The van der Waals surface area contributed by atoms with Gasteiger partial charge in [-0.25, -0.2) is 13.6 Å². The number of carbonyl (C=O) groups excluding carboxylic acids is 2. The highest BCUT2D eigenvalue weighted by molar-refractivity contribution is 6.01. The van der Waals surface area contributed by atoms with Gasteiger partial charge in [-0.3, -0.25) is 4.79 Å². The molecule has 1 aliphatic carbocycles. The summed E-state index contributed by atoms with van der Waals surface area (Å²) in [6.07, 6.45) is 2.82. The molecule has 3 aliphatic rings. The van der Waals surface area contributed by atoms with Crippen LogP contribution in [0, 0.1) is 23.0 Å². The van der Waals surface area contributed by atoms with E-state index in [1.807, 2.05) is 0 Å². The van der Waals surface area contributed by atoms with Crippen LogP contribution in [0.2, 0.25) is 0 Å². The Bertz CT molecular complexity index is 1030. The van der Waals surface area contributed by atoms with E-state index in [0.717, 1.165) is 18.1 Å². The molecular formula is C21H23F2N5O2. The highest BCUT2D eigenvalue weighted by Gasteiger charge is 2.43. The molecule has 2 bridgehead atoms. The predicted octanol–water partition coefficient (Wildman–Crippen LogP) is 2.74. The lowest BCUT2D eigenvalue weighted by Crippen LogP contribution is -2.48. The topological polar surface area (TPSA) is 103 Å². The maximum absolute atomic E-state index is 14.1. The fourth-order valence-electron chi connectivity index (χ4n) is 4.62. The van der Waals surface area contributed by atoms with Crippen molar-refractivity contribution in [1.29, 1.82) is 5.41 Å². The van der Waals surface area contributed by atoms with Crippen LogP contribution in [0.5, 0.6) is 0 Å². The Morgan fingerprint density at radius 3 is 2.70 bits per heavy atom. The van der Waals surface area contributed by atoms with Gasteiger partial charge < -0.3 is 26.3 Å². The monoisotopic (exact) mass is 415 g/mol. The van der Waals surface area contributed by atoms with Gasteiger partial charge in [0.05, 0.1) is 18.3 Å². The van der Waals surface area contributed by atoms with E-state index in [9.17, 15) is 18.4 Å². The molecule has 9 heteroatoms. The van der Waals surface area contributed by atoms with Gasteiger partial charge in [0.15, 0.2) is 11.6 Å². The molecule has 0 unspecified atom stereocenters. The van der Waals surface area contributed by atoms with E-state index >= 15 is 0 Å². The van der Waals surface area contributed by atoms with Crippen molar-refractivity contribution in [3.63, 3.8) is 0 Å². The summed E-state index contributed by atoms with van der Waals surface area (Å²) in [6, 6.07) is 1.53. The third kappa shape index (κ3) is 3.24. The molecule has 0 spiro atoms. The zero-order valence-electron chi connectivity index (χ0n) is 16.8. The number of fused-ring (bicyclic) bond motifs is 3. The predicted molar refractivity (Wildman–Crippen MR) is 108 cm³/mol. The Labute approximate surface area is 172 Å². The first-order chi connectivity index (χ1) is 14.2. The molecular weight excluding hydrogens is 392 g/mol. The molecule has 4 rings (SSSR count). The number of carbonyl (C=O) groups is 2. The van der Waals surface area contributed by atoms with E-state index in [1.54, 1.807) is 18.7 Å². The molecule has 1 aromatic carbocycles. The normalized spacial score (nSPS) is 23.1. The second kappa shape index (κ2) is 7.23. The van der Waals surface area contributed by atoms with Gasteiger partial charge in [-0.15, -0.1) is 0 Å². The second-order valence-corrected chi connectivity index (χ2v) is 8.04. The van der Waals surface area contributed by atoms with Gasteiger partial charge in [-0.1, -0.05) is 6.08 Å². The SMILES string of the molecule is CC(=N)/C(C1=C[C@@H]2C[C@H]1N(C(=O)CN1Cc3c(ccc(F)c3F)NC1=O)C2)=C(/C)N. The number of nitrogens with zero attached hydrogens (tertiary/aromatic N) is 2. The van der Waals surface area contributed by atoms with Gasteiger partial charge in [0.2, 0.25) is 5.91 Å². The number of benzene rings is 1. The number of nitrogens with one attached hydrogen (secondary N) is 2. The number of amides is 3. The highest BCUT2D eigenvalue weighted by atomic mass is 19.2. The van der Waals surface area contributed by atoms with Gasteiger partial charge in [-0.2, -0.15) is 0 Å². The minimum absolute atomic E-state index is 0.0225. The molecule has 0 saturated carbocycles. The fraction of sp³-hybridized carbons (Fsp3) is 0.381. The standard InChI is InChI=1S/C21H23F2N5O2/c1-10(24)19(11(2)25)13-5-12-6-17(13)28(7-12)18(29)9-27-8-14-16(26-21(27)30)4-3-15(22)20(14)23/h3-5,12,17,24H,6-9,25H2,1-2H3,(H,26,30)/b19-11+,24-10?/t12-,17-/m1/s1. The lowest BCUT2D eigenvalue weighted by Gasteiger charge is -2.34. The summed E-state index contributed by atoms with van der Waals surface area (Å²) in [7, 11) is 0. The molecule has 4 N–H and O–H groups in total. The van der Waals surface area contributed by atoms with Crippen molar-refractivity contribution in [3.8, 4) is 0 Å². The first-order valence-electron chi connectivity index (χ1n) is 9.73. The van der Waals surface area contributed by atoms with Crippen LogP contribution in [-0.2, 0) is 11.3 Å². The van der Waals surface area contributed by atoms with E-state index < -0.39 is 17.7 Å². The molecule has 158 valence electrons. The van der Waals surface area contributed by atoms with Crippen molar-refractivity contribution in [2.24, 2.45) is 11.7 Å². The van der Waals surface area contributed by atoms with Crippen LogP contribution in [0.15, 0.2) is 35.1 Å². The average molecular weight is 415 g/mol. The Kier molecular flexibility index (Phi) is 4.83. The third-order valence-electron chi connectivity index (χ3n) is 5.89. The van der Waals surface area contributed by atoms with E-state index in [1.165, 1.54) is 11.0 Å². The van der Waals surface area contributed by atoms with Crippen molar-refractivity contribution in [2.75, 3.05) is 18.4 Å². The van der Waals surface area contributed by atoms with E-state index in [0.29, 0.717) is 23.5 Å². The number of nitrogens with two attached hydrogens (primary N) is 1. The van der Waals surface area contributed by atoms with Crippen molar-refractivity contribution < 1.29 is 18.4 Å². The van der Waals surface area contributed by atoms with Crippen molar-refractivity contribution in [3.05, 3.63) is 52.2 Å². The minimum Gasteiger partial charge on any atom is -0.402 e. The second-order valence-electron chi connectivity index (χ2n) is 8.04. The van der Waals surface area contributed by atoms with Crippen LogP contribution >= 0.6 is 0 Å². The molecule has 0 aromatic heterocycles. The number of hydrogen-bond donors (Lipinski definition) is 3. The van der Waals surface area contributed by atoms with Crippen molar-refractivity contribution >= 4 is 23.3 Å². The van der Waals surface area contributed by atoms with Crippen LogP contribution in [0.1, 0.15) is 25.8 Å². The number of urea groups is 1.